The number of aryl methyl sites for hydroxylation is 2. The van der Waals surface area contributed by atoms with Crippen LogP contribution in [-0.2, 0) is 13.0 Å². The van der Waals surface area contributed by atoms with Gasteiger partial charge in [-0.25, -0.2) is 0 Å². The molecule has 0 aliphatic heterocycles. The number of hydrogen-bond donors (Lipinski definition) is 1. The van der Waals surface area contributed by atoms with Gasteiger partial charge < -0.3 is 9.73 Å². The van der Waals surface area contributed by atoms with Crippen LogP contribution in [0.1, 0.15) is 44.1 Å². The summed E-state index contributed by atoms with van der Waals surface area (Å²) in [7, 11) is 0. The summed E-state index contributed by atoms with van der Waals surface area (Å²) in [6.07, 6.45) is 2.19. The zero-order valence-corrected chi connectivity index (χ0v) is 13.7. The molecule has 2 nitrogen and oxygen atoms in total. The second-order valence-electron chi connectivity index (χ2n) is 5.36. The van der Waals surface area contributed by atoms with E-state index in [2.05, 4.69) is 61.1 Å². The molecule has 0 aliphatic rings. The summed E-state index contributed by atoms with van der Waals surface area (Å²) in [5.41, 5.74) is 3.57. The highest BCUT2D eigenvalue weighted by molar-refractivity contribution is 9.10. The van der Waals surface area contributed by atoms with Crippen LogP contribution in [0.15, 0.2) is 21.0 Å². The lowest BCUT2D eigenvalue weighted by molar-refractivity contribution is 0.482. The van der Waals surface area contributed by atoms with Gasteiger partial charge in [-0.1, -0.05) is 49.2 Å². The van der Waals surface area contributed by atoms with Crippen LogP contribution < -0.4 is 5.32 Å². The number of nitrogens with one attached hydrogen (secondary N) is 1. The number of benzene rings is 1. The summed E-state index contributed by atoms with van der Waals surface area (Å²) >= 11 is 3.66. The van der Waals surface area contributed by atoms with Gasteiger partial charge in [0.25, 0.3) is 0 Å². The molecule has 0 saturated heterocycles. The molecular formula is C16H22BrNO. The second-order valence-corrected chi connectivity index (χ2v) is 6.21. The van der Waals surface area contributed by atoms with Crippen molar-refractivity contribution in [2.45, 2.75) is 53.1 Å². The topological polar surface area (TPSA) is 25.2 Å². The van der Waals surface area contributed by atoms with Crippen LogP contribution in [0.4, 0.5) is 0 Å². The molecule has 0 aliphatic carbocycles. The maximum Gasteiger partial charge on any atom is 0.138 e. The maximum absolute atomic E-state index is 6.12. The number of fused-ring (bicyclic) bond motifs is 1. The van der Waals surface area contributed by atoms with E-state index in [-0.39, 0.29) is 0 Å². The highest BCUT2D eigenvalue weighted by Gasteiger charge is 2.17. The third-order valence-corrected chi connectivity index (χ3v) is 4.00. The SMILES string of the molecule is CCCc1c(CNC(C)C)oc2c(C)ccc(Br)c12. The van der Waals surface area contributed by atoms with Crippen molar-refractivity contribution >= 4 is 26.9 Å². The van der Waals surface area contributed by atoms with Crippen LogP contribution in [-0.4, -0.2) is 6.04 Å². The lowest BCUT2D eigenvalue weighted by atomic mass is 10.0. The molecule has 1 aromatic carbocycles. The summed E-state index contributed by atoms with van der Waals surface area (Å²) in [6.45, 7) is 9.43. The minimum Gasteiger partial charge on any atom is -0.459 e. The van der Waals surface area contributed by atoms with E-state index in [9.17, 15) is 0 Å². The zero-order chi connectivity index (χ0) is 14.0. The molecule has 0 saturated carbocycles. The van der Waals surface area contributed by atoms with E-state index in [4.69, 9.17) is 4.42 Å². The van der Waals surface area contributed by atoms with Crippen LogP contribution in [0.2, 0.25) is 0 Å². The van der Waals surface area contributed by atoms with Crippen molar-refractivity contribution in [1.82, 2.24) is 5.32 Å². The van der Waals surface area contributed by atoms with Crippen molar-refractivity contribution in [2.24, 2.45) is 0 Å². The Morgan fingerprint density at radius 3 is 2.68 bits per heavy atom. The molecule has 104 valence electrons. The van der Waals surface area contributed by atoms with Crippen molar-refractivity contribution in [3.8, 4) is 0 Å². The van der Waals surface area contributed by atoms with Gasteiger partial charge in [0.15, 0.2) is 0 Å². The molecule has 0 radical (unpaired) electrons. The summed E-state index contributed by atoms with van der Waals surface area (Å²) in [5, 5.41) is 4.70. The van der Waals surface area contributed by atoms with Gasteiger partial charge in [0, 0.05) is 21.5 Å². The molecule has 0 atom stereocenters. The lowest BCUT2D eigenvalue weighted by Gasteiger charge is -2.07. The smallest absolute Gasteiger partial charge is 0.138 e. The van der Waals surface area contributed by atoms with Gasteiger partial charge in [-0.15, -0.1) is 0 Å². The largest absolute Gasteiger partial charge is 0.459 e. The van der Waals surface area contributed by atoms with Crippen LogP contribution >= 0.6 is 15.9 Å². The van der Waals surface area contributed by atoms with Crippen LogP contribution in [0.25, 0.3) is 11.0 Å². The fourth-order valence-electron chi connectivity index (χ4n) is 2.35. The van der Waals surface area contributed by atoms with Crippen LogP contribution in [0.5, 0.6) is 0 Å². The van der Waals surface area contributed by atoms with E-state index in [1.807, 2.05) is 0 Å². The molecule has 2 rings (SSSR count). The Morgan fingerprint density at radius 2 is 2.05 bits per heavy atom. The van der Waals surface area contributed by atoms with Gasteiger partial charge in [0.2, 0.25) is 0 Å². The average Bonchev–Trinajstić information content (AvgIpc) is 2.72. The van der Waals surface area contributed by atoms with Crippen molar-refractivity contribution in [2.75, 3.05) is 0 Å². The molecule has 0 bridgehead atoms. The Labute approximate surface area is 123 Å². The van der Waals surface area contributed by atoms with Crippen LogP contribution in [0, 0.1) is 6.92 Å². The van der Waals surface area contributed by atoms with Gasteiger partial charge in [0.1, 0.15) is 11.3 Å². The number of furan rings is 1. The third kappa shape index (κ3) is 3.03. The van der Waals surface area contributed by atoms with Gasteiger partial charge in [0.05, 0.1) is 6.54 Å². The second kappa shape index (κ2) is 6.10. The fourth-order valence-corrected chi connectivity index (χ4v) is 2.91. The van der Waals surface area contributed by atoms with E-state index in [1.54, 1.807) is 0 Å². The average molecular weight is 324 g/mol. The normalized spacial score (nSPS) is 11.7. The minimum absolute atomic E-state index is 0.465. The first-order valence-corrected chi connectivity index (χ1v) is 7.76. The number of halogens is 1. The first-order valence-electron chi connectivity index (χ1n) is 6.97. The van der Waals surface area contributed by atoms with Gasteiger partial charge in [-0.3, -0.25) is 0 Å². The summed E-state index contributed by atoms with van der Waals surface area (Å²) in [4.78, 5) is 0. The summed E-state index contributed by atoms with van der Waals surface area (Å²) < 4.78 is 7.26. The molecule has 3 heteroatoms. The first-order chi connectivity index (χ1) is 9.04. The van der Waals surface area contributed by atoms with Crippen molar-refractivity contribution in [1.29, 1.82) is 0 Å². The standard InChI is InChI=1S/C16H22BrNO/c1-5-6-12-14(9-18-10(2)3)19-16-11(4)7-8-13(17)15(12)16/h7-8,10,18H,5-6,9H2,1-4H3. The molecule has 0 unspecified atom stereocenters. The Balaban J connectivity index is 2.53. The predicted octanol–water partition coefficient (Wildman–Crippen LogP) is 4.95. The highest BCUT2D eigenvalue weighted by Crippen LogP contribution is 2.35. The molecule has 0 amide bonds. The molecule has 19 heavy (non-hydrogen) atoms. The molecule has 0 spiro atoms. The van der Waals surface area contributed by atoms with Gasteiger partial charge in [-0.05, 0) is 25.0 Å². The molecule has 2 aromatic rings. The zero-order valence-electron chi connectivity index (χ0n) is 12.1. The monoisotopic (exact) mass is 323 g/mol. The molecule has 1 N–H and O–H groups in total. The van der Waals surface area contributed by atoms with Gasteiger partial charge in [-0.2, -0.15) is 0 Å². The maximum atomic E-state index is 6.12. The van der Waals surface area contributed by atoms with Crippen molar-refractivity contribution < 1.29 is 4.42 Å². The van der Waals surface area contributed by atoms with E-state index in [0.29, 0.717) is 6.04 Å². The molecule has 1 aromatic heterocycles. The van der Waals surface area contributed by atoms with Gasteiger partial charge >= 0.3 is 0 Å². The minimum atomic E-state index is 0.465. The fraction of sp³-hybridized carbons (Fsp3) is 0.500. The Hall–Kier alpha value is -0.800. The Bertz CT molecular complexity index is 572. The number of hydrogen-bond acceptors (Lipinski definition) is 2. The molecule has 1 heterocycles. The van der Waals surface area contributed by atoms with E-state index >= 15 is 0 Å². The van der Waals surface area contributed by atoms with E-state index < -0.39 is 0 Å². The molecule has 0 fully saturated rings. The summed E-state index contributed by atoms with van der Waals surface area (Å²) in [5.74, 6) is 1.08. The Morgan fingerprint density at radius 1 is 1.32 bits per heavy atom. The quantitative estimate of drug-likeness (QED) is 0.841. The Kier molecular flexibility index (Phi) is 4.69. The number of rotatable bonds is 5. The van der Waals surface area contributed by atoms with E-state index in [0.717, 1.165) is 35.2 Å². The van der Waals surface area contributed by atoms with Crippen molar-refractivity contribution in [3.63, 3.8) is 0 Å². The van der Waals surface area contributed by atoms with E-state index in [1.165, 1.54) is 16.5 Å². The third-order valence-electron chi connectivity index (χ3n) is 3.34. The highest BCUT2D eigenvalue weighted by atomic mass is 79.9. The first kappa shape index (κ1) is 14.6. The summed E-state index contributed by atoms with van der Waals surface area (Å²) in [6, 6.07) is 4.68. The van der Waals surface area contributed by atoms with Crippen LogP contribution in [0.3, 0.4) is 0 Å². The predicted molar refractivity (Wildman–Crippen MR) is 84.6 cm³/mol. The van der Waals surface area contributed by atoms with Crippen molar-refractivity contribution in [3.05, 3.63) is 33.5 Å². The lowest BCUT2D eigenvalue weighted by Crippen LogP contribution is -2.22. The molecular weight excluding hydrogens is 302 g/mol.